The lowest BCUT2D eigenvalue weighted by molar-refractivity contribution is -0.131. The molecule has 2 N–H and O–H groups in total. The van der Waals surface area contributed by atoms with Crippen molar-refractivity contribution in [3.63, 3.8) is 0 Å². The van der Waals surface area contributed by atoms with Crippen LogP contribution in [0.25, 0.3) is 17.2 Å². The molecule has 0 heterocycles. The van der Waals surface area contributed by atoms with E-state index >= 15 is 0 Å². The van der Waals surface area contributed by atoms with Crippen molar-refractivity contribution in [1.29, 1.82) is 0 Å². The molecule has 0 atom stereocenters. The third kappa shape index (κ3) is 13.6. The second-order valence-corrected chi connectivity index (χ2v) is 12.3. The van der Waals surface area contributed by atoms with Crippen LogP contribution in [0.2, 0.25) is 6.04 Å². The molecule has 238 valence electrons. The molecule has 0 radical (unpaired) electrons. The molecule has 0 spiro atoms. The van der Waals surface area contributed by atoms with Crippen LogP contribution in [0.15, 0.2) is 48.5 Å². The van der Waals surface area contributed by atoms with Crippen molar-refractivity contribution < 1.29 is 42.2 Å². The van der Waals surface area contributed by atoms with Crippen molar-refractivity contribution in [2.75, 3.05) is 46.7 Å². The molecule has 2 rings (SSSR count). The predicted molar refractivity (Wildman–Crippen MR) is 168 cm³/mol. The number of hydrogen-bond acceptors (Lipinski definition) is 8. The molecule has 0 aromatic heterocycles. The van der Waals surface area contributed by atoms with Gasteiger partial charge in [0.05, 0.1) is 20.3 Å². The first kappa shape index (κ1) is 35.8. The number of amides is 1. The highest BCUT2D eigenvalue weighted by Crippen LogP contribution is 2.33. The van der Waals surface area contributed by atoms with Gasteiger partial charge in [0.25, 0.3) is 0 Å². The highest BCUT2D eigenvalue weighted by molar-refractivity contribution is 6.60. The lowest BCUT2D eigenvalue weighted by atomic mass is 10.0. The highest BCUT2D eigenvalue weighted by Gasteiger charge is 2.39. The number of carbonyl (C=O) groups excluding carboxylic acids is 1. The second kappa shape index (κ2) is 20.5. The molecule has 2 aromatic rings. The van der Waals surface area contributed by atoms with Gasteiger partial charge in [-0.1, -0.05) is 30.3 Å². The molecule has 0 bridgehead atoms. The van der Waals surface area contributed by atoms with Crippen molar-refractivity contribution in [3.05, 3.63) is 54.1 Å². The monoisotopic (exact) mass is 617 g/mol. The van der Waals surface area contributed by atoms with E-state index in [1.54, 1.807) is 13.2 Å². The van der Waals surface area contributed by atoms with Crippen LogP contribution in [-0.4, -0.2) is 72.7 Å². The van der Waals surface area contributed by atoms with Crippen LogP contribution >= 0.6 is 0 Å². The highest BCUT2D eigenvalue weighted by atomic mass is 28.4. The van der Waals surface area contributed by atoms with Gasteiger partial charge in [0, 0.05) is 38.5 Å². The van der Waals surface area contributed by atoms with Gasteiger partial charge in [-0.05, 0) is 87.8 Å². The first-order valence-electron chi connectivity index (χ1n) is 15.0. The molecule has 0 unspecified atom stereocenters. The Hall–Kier alpha value is -3.38. The molecule has 0 aliphatic rings. The van der Waals surface area contributed by atoms with Crippen molar-refractivity contribution in [3.8, 4) is 22.6 Å². The standard InChI is InChI=1S/C32H47NO9Si/c1-5-40-43(41-6-2,42-7-3)24-12-21-33-32(36)39-23-11-9-8-10-22-38-29-19-18-28(25-30(29)37-4)27-16-13-26(14-17-27)15-20-31(34)35/h13-20,25H,5-12,21-24H2,1-4H3,(H,33,36)(H,34,35)/b20-15+. The third-order valence-corrected chi connectivity index (χ3v) is 9.53. The SMILES string of the molecule is CCO[Si](CCCNC(=O)OCCCCCCOc1ccc(-c2ccc(/C=C/C(=O)O)cc2)cc1OC)(OCC)OCC. The van der Waals surface area contributed by atoms with Crippen LogP contribution in [0.1, 0.15) is 58.4 Å². The number of carboxylic acid groups (broad SMARTS) is 1. The van der Waals surface area contributed by atoms with Gasteiger partial charge in [-0.25, -0.2) is 9.59 Å². The van der Waals surface area contributed by atoms with Crippen molar-refractivity contribution in [1.82, 2.24) is 5.32 Å². The van der Waals surface area contributed by atoms with Gasteiger partial charge < -0.3 is 37.9 Å². The Bertz CT molecular complexity index is 1110. The van der Waals surface area contributed by atoms with Gasteiger partial charge in [0.15, 0.2) is 11.5 Å². The van der Waals surface area contributed by atoms with E-state index in [2.05, 4.69) is 5.32 Å². The zero-order valence-corrected chi connectivity index (χ0v) is 26.9. The predicted octanol–water partition coefficient (Wildman–Crippen LogP) is 6.56. The van der Waals surface area contributed by atoms with E-state index in [1.165, 1.54) is 0 Å². The maximum Gasteiger partial charge on any atom is 0.500 e. The fraction of sp³-hybridized carbons (Fsp3) is 0.500. The van der Waals surface area contributed by atoms with Crippen molar-refractivity contribution in [2.45, 2.75) is 58.9 Å². The number of alkyl carbamates (subject to hydrolysis) is 1. The average molecular weight is 618 g/mol. The number of hydrogen-bond donors (Lipinski definition) is 2. The van der Waals surface area contributed by atoms with Crippen molar-refractivity contribution in [2.24, 2.45) is 0 Å². The number of nitrogens with one attached hydrogen (secondary N) is 1. The van der Waals surface area contributed by atoms with E-state index in [-0.39, 0.29) is 0 Å². The number of unbranched alkanes of at least 4 members (excludes halogenated alkanes) is 3. The summed E-state index contributed by atoms with van der Waals surface area (Å²) in [6.45, 7) is 8.77. The number of benzene rings is 2. The van der Waals surface area contributed by atoms with Crippen LogP contribution in [0.4, 0.5) is 4.79 Å². The molecule has 0 fully saturated rings. The summed E-state index contributed by atoms with van der Waals surface area (Å²) in [5.41, 5.74) is 2.77. The molecule has 1 amide bonds. The fourth-order valence-corrected chi connectivity index (χ4v) is 6.99. The summed E-state index contributed by atoms with van der Waals surface area (Å²) in [5.74, 6) is 0.345. The smallest absolute Gasteiger partial charge is 0.493 e. The summed E-state index contributed by atoms with van der Waals surface area (Å²) in [4.78, 5) is 22.7. The molecular weight excluding hydrogens is 570 g/mol. The quantitative estimate of drug-likeness (QED) is 0.0859. The Balaban J connectivity index is 1.63. The summed E-state index contributed by atoms with van der Waals surface area (Å²) in [5, 5.41) is 11.6. The Morgan fingerprint density at radius 3 is 2.05 bits per heavy atom. The van der Waals surface area contributed by atoms with Crippen LogP contribution < -0.4 is 14.8 Å². The molecule has 10 nitrogen and oxygen atoms in total. The summed E-state index contributed by atoms with van der Waals surface area (Å²) in [6.07, 6.45) is 6.47. The normalized spacial score (nSPS) is 11.4. The van der Waals surface area contributed by atoms with E-state index in [4.69, 9.17) is 32.6 Å². The number of carbonyl (C=O) groups is 2. The number of ether oxygens (including phenoxy) is 3. The Kier molecular flexibility index (Phi) is 17.1. The number of rotatable bonds is 22. The maximum absolute atomic E-state index is 12.0. The summed E-state index contributed by atoms with van der Waals surface area (Å²) in [6, 6.07) is 14.0. The minimum Gasteiger partial charge on any atom is -0.493 e. The van der Waals surface area contributed by atoms with Gasteiger partial charge in [0.1, 0.15) is 0 Å². The molecule has 2 aromatic carbocycles. The first-order valence-corrected chi connectivity index (χ1v) is 16.9. The Morgan fingerprint density at radius 2 is 1.44 bits per heavy atom. The largest absolute Gasteiger partial charge is 0.500 e. The van der Waals surface area contributed by atoms with Gasteiger partial charge >= 0.3 is 20.9 Å². The van der Waals surface area contributed by atoms with Crippen LogP contribution in [0.5, 0.6) is 11.5 Å². The zero-order chi connectivity index (χ0) is 31.3. The van der Waals surface area contributed by atoms with Crippen molar-refractivity contribution >= 4 is 26.9 Å². The third-order valence-electron chi connectivity index (χ3n) is 6.38. The topological polar surface area (TPSA) is 122 Å². The Labute approximate surface area is 256 Å². The Morgan fingerprint density at radius 1 is 0.814 bits per heavy atom. The lowest BCUT2D eigenvalue weighted by Gasteiger charge is -2.28. The molecule has 0 saturated carbocycles. The molecular formula is C32H47NO9Si. The van der Waals surface area contributed by atoms with Gasteiger partial charge in [0.2, 0.25) is 0 Å². The summed E-state index contributed by atoms with van der Waals surface area (Å²) < 4.78 is 34.3. The first-order chi connectivity index (χ1) is 20.9. The molecule has 43 heavy (non-hydrogen) atoms. The van der Waals surface area contributed by atoms with Gasteiger partial charge in [-0.15, -0.1) is 0 Å². The minimum absolute atomic E-state index is 0.369. The minimum atomic E-state index is -2.69. The number of aliphatic carboxylic acids is 1. The summed E-state index contributed by atoms with van der Waals surface area (Å²) in [7, 11) is -1.08. The van der Waals surface area contributed by atoms with E-state index in [0.29, 0.717) is 63.5 Å². The zero-order valence-electron chi connectivity index (χ0n) is 25.9. The van der Waals surface area contributed by atoms with Crippen LogP contribution in [0.3, 0.4) is 0 Å². The summed E-state index contributed by atoms with van der Waals surface area (Å²) >= 11 is 0. The van der Waals surface area contributed by atoms with Gasteiger partial charge in [-0.2, -0.15) is 0 Å². The molecule has 11 heteroatoms. The van der Waals surface area contributed by atoms with Crippen LogP contribution in [0, 0.1) is 0 Å². The number of carboxylic acids is 1. The maximum atomic E-state index is 12.0. The van der Waals surface area contributed by atoms with E-state index < -0.39 is 20.9 Å². The van der Waals surface area contributed by atoms with E-state index in [0.717, 1.165) is 48.4 Å². The molecule has 0 aliphatic carbocycles. The fourth-order valence-electron chi connectivity index (χ4n) is 4.37. The second-order valence-electron chi connectivity index (χ2n) is 9.57. The van der Waals surface area contributed by atoms with Crippen LogP contribution in [-0.2, 0) is 22.8 Å². The lowest BCUT2D eigenvalue weighted by Crippen LogP contribution is -2.46. The molecule has 0 saturated heterocycles. The molecule has 0 aliphatic heterocycles. The van der Waals surface area contributed by atoms with E-state index in [1.807, 2.05) is 63.2 Å². The number of methoxy groups -OCH3 is 1. The average Bonchev–Trinajstić information content (AvgIpc) is 3.00. The van der Waals surface area contributed by atoms with Gasteiger partial charge in [-0.3, -0.25) is 0 Å². The van der Waals surface area contributed by atoms with E-state index in [9.17, 15) is 9.59 Å².